The molecule has 100 valence electrons. The Morgan fingerprint density at radius 1 is 1.26 bits per heavy atom. The van der Waals surface area contributed by atoms with Crippen LogP contribution in [0.2, 0.25) is 0 Å². The third kappa shape index (κ3) is 1.94. The lowest BCUT2D eigenvalue weighted by Gasteiger charge is -2.46. The van der Waals surface area contributed by atoms with Gasteiger partial charge in [-0.05, 0) is 44.0 Å². The number of hydrogen-bond donors (Lipinski definition) is 1. The second-order valence-corrected chi connectivity index (χ2v) is 5.26. The van der Waals surface area contributed by atoms with Crippen molar-refractivity contribution in [2.75, 3.05) is 14.2 Å². The van der Waals surface area contributed by atoms with E-state index in [0.717, 1.165) is 18.4 Å². The number of fused-ring (bicyclic) bond motifs is 1. The van der Waals surface area contributed by atoms with Gasteiger partial charge in [-0.1, -0.05) is 18.2 Å². The molecule has 0 amide bonds. The summed E-state index contributed by atoms with van der Waals surface area (Å²) in [5, 5.41) is 4.67. The average molecular weight is 256 g/mol. The number of likely N-dealkylation sites (N-methyl/N-ethyl adjacent to an activating group) is 1. The molecule has 1 unspecified atom stereocenters. The van der Waals surface area contributed by atoms with Gasteiger partial charge in [-0.3, -0.25) is 4.98 Å². The molecule has 0 spiro atoms. The lowest BCUT2D eigenvalue weighted by molar-refractivity contribution is -0.0980. The monoisotopic (exact) mass is 256 g/mol. The molecular formula is C16H20N2O. The fraction of sp³-hybridized carbons (Fsp3) is 0.438. The Morgan fingerprint density at radius 3 is 2.74 bits per heavy atom. The molecule has 3 nitrogen and oxygen atoms in total. The van der Waals surface area contributed by atoms with E-state index in [1.807, 2.05) is 26.4 Å². The van der Waals surface area contributed by atoms with Crippen LogP contribution in [0.1, 0.15) is 30.9 Å². The number of rotatable bonds is 4. The molecule has 1 heterocycles. The van der Waals surface area contributed by atoms with Crippen molar-refractivity contribution in [3.05, 3.63) is 42.1 Å². The van der Waals surface area contributed by atoms with Crippen molar-refractivity contribution in [3.63, 3.8) is 0 Å². The van der Waals surface area contributed by atoms with E-state index < -0.39 is 0 Å². The van der Waals surface area contributed by atoms with Gasteiger partial charge in [0.2, 0.25) is 0 Å². The summed E-state index contributed by atoms with van der Waals surface area (Å²) in [5.41, 5.74) is 2.28. The van der Waals surface area contributed by atoms with Crippen molar-refractivity contribution in [2.45, 2.75) is 30.9 Å². The van der Waals surface area contributed by atoms with E-state index in [0.29, 0.717) is 0 Å². The molecule has 0 saturated heterocycles. The van der Waals surface area contributed by atoms with Gasteiger partial charge in [-0.15, -0.1) is 0 Å². The number of benzene rings is 1. The van der Waals surface area contributed by atoms with Crippen LogP contribution in [-0.2, 0) is 4.74 Å². The molecule has 1 aliphatic rings. The lowest BCUT2D eigenvalue weighted by atomic mass is 9.71. The van der Waals surface area contributed by atoms with Crippen molar-refractivity contribution in [1.29, 1.82) is 0 Å². The highest BCUT2D eigenvalue weighted by Crippen LogP contribution is 2.45. The molecule has 1 aliphatic carbocycles. The van der Waals surface area contributed by atoms with Crippen molar-refractivity contribution in [3.8, 4) is 0 Å². The maximum Gasteiger partial charge on any atom is 0.0872 e. The van der Waals surface area contributed by atoms with Gasteiger partial charge >= 0.3 is 0 Å². The second-order valence-electron chi connectivity index (χ2n) is 5.26. The standard InChI is InChI=1S/C16H20N2O/c1-17-15(16(19-2)9-5-10-16)13-6-3-8-14-12(13)7-4-11-18-14/h3-4,6-8,11,15,17H,5,9-10H2,1-2H3. The van der Waals surface area contributed by atoms with Crippen LogP contribution in [0.3, 0.4) is 0 Å². The van der Waals surface area contributed by atoms with E-state index in [9.17, 15) is 0 Å². The summed E-state index contributed by atoms with van der Waals surface area (Å²) in [6, 6.07) is 10.7. The summed E-state index contributed by atoms with van der Waals surface area (Å²) in [6.07, 6.45) is 5.32. The van der Waals surface area contributed by atoms with Gasteiger partial charge in [0, 0.05) is 18.7 Å². The highest BCUT2D eigenvalue weighted by molar-refractivity contribution is 5.82. The van der Waals surface area contributed by atoms with Crippen LogP contribution in [-0.4, -0.2) is 24.7 Å². The van der Waals surface area contributed by atoms with Crippen molar-refractivity contribution >= 4 is 10.9 Å². The third-order valence-corrected chi connectivity index (χ3v) is 4.41. The number of ether oxygens (including phenoxy) is 1. The van der Waals surface area contributed by atoms with E-state index >= 15 is 0 Å². The molecule has 0 bridgehead atoms. The van der Waals surface area contributed by atoms with Crippen LogP contribution >= 0.6 is 0 Å². The molecule has 1 aromatic heterocycles. The Kier molecular flexibility index (Phi) is 3.25. The second kappa shape index (κ2) is 4.91. The minimum Gasteiger partial charge on any atom is -0.376 e. The zero-order valence-electron chi connectivity index (χ0n) is 11.5. The van der Waals surface area contributed by atoms with Crippen LogP contribution in [0, 0.1) is 0 Å². The van der Waals surface area contributed by atoms with Crippen molar-refractivity contribution in [1.82, 2.24) is 10.3 Å². The Bertz CT molecular complexity index is 567. The maximum atomic E-state index is 5.85. The minimum atomic E-state index is -0.0567. The average Bonchev–Trinajstić information content (AvgIpc) is 2.42. The Morgan fingerprint density at radius 2 is 2.11 bits per heavy atom. The SMILES string of the molecule is CNC(c1cccc2ncccc12)C1(OC)CCC1. The zero-order valence-corrected chi connectivity index (χ0v) is 11.5. The van der Waals surface area contributed by atoms with E-state index in [1.165, 1.54) is 17.4 Å². The van der Waals surface area contributed by atoms with Gasteiger partial charge in [-0.2, -0.15) is 0 Å². The van der Waals surface area contributed by atoms with E-state index in [2.05, 4.69) is 34.6 Å². The van der Waals surface area contributed by atoms with Gasteiger partial charge in [-0.25, -0.2) is 0 Å². The summed E-state index contributed by atoms with van der Waals surface area (Å²) in [7, 11) is 3.84. The van der Waals surface area contributed by atoms with Crippen LogP contribution in [0.5, 0.6) is 0 Å². The van der Waals surface area contributed by atoms with Gasteiger partial charge in [0.1, 0.15) is 0 Å². The first-order valence-corrected chi connectivity index (χ1v) is 6.87. The molecule has 1 atom stereocenters. The van der Waals surface area contributed by atoms with Crippen molar-refractivity contribution in [2.24, 2.45) is 0 Å². The summed E-state index contributed by atoms with van der Waals surface area (Å²) < 4.78 is 5.85. The smallest absolute Gasteiger partial charge is 0.0872 e. The van der Waals surface area contributed by atoms with Crippen LogP contribution in [0.4, 0.5) is 0 Å². The molecule has 3 rings (SSSR count). The zero-order chi connectivity index (χ0) is 13.3. The fourth-order valence-corrected chi connectivity index (χ4v) is 3.22. The number of aromatic nitrogens is 1. The van der Waals surface area contributed by atoms with E-state index in [-0.39, 0.29) is 11.6 Å². The molecule has 1 aromatic carbocycles. The van der Waals surface area contributed by atoms with Gasteiger partial charge in [0.15, 0.2) is 0 Å². The first-order valence-electron chi connectivity index (χ1n) is 6.87. The number of nitrogens with one attached hydrogen (secondary N) is 1. The predicted molar refractivity (Wildman–Crippen MR) is 77.1 cm³/mol. The van der Waals surface area contributed by atoms with Crippen LogP contribution in [0.15, 0.2) is 36.5 Å². The lowest BCUT2D eigenvalue weighted by Crippen LogP contribution is -2.49. The summed E-state index contributed by atoms with van der Waals surface area (Å²) in [5.74, 6) is 0. The highest BCUT2D eigenvalue weighted by atomic mass is 16.5. The fourth-order valence-electron chi connectivity index (χ4n) is 3.22. The number of hydrogen-bond acceptors (Lipinski definition) is 3. The van der Waals surface area contributed by atoms with E-state index in [1.54, 1.807) is 0 Å². The third-order valence-electron chi connectivity index (χ3n) is 4.41. The Labute approximate surface area is 114 Å². The molecule has 0 radical (unpaired) electrons. The molecule has 0 aliphatic heterocycles. The molecule has 1 saturated carbocycles. The van der Waals surface area contributed by atoms with E-state index in [4.69, 9.17) is 4.74 Å². The van der Waals surface area contributed by atoms with Gasteiger partial charge < -0.3 is 10.1 Å². The topological polar surface area (TPSA) is 34.2 Å². The molecule has 19 heavy (non-hydrogen) atoms. The first-order chi connectivity index (χ1) is 9.30. The Balaban J connectivity index is 2.11. The molecule has 1 N–H and O–H groups in total. The molecule has 1 fully saturated rings. The molecule has 3 heteroatoms. The Hall–Kier alpha value is -1.45. The minimum absolute atomic E-state index is 0.0567. The van der Waals surface area contributed by atoms with Crippen LogP contribution in [0.25, 0.3) is 10.9 Å². The van der Waals surface area contributed by atoms with Gasteiger partial charge in [0.25, 0.3) is 0 Å². The quantitative estimate of drug-likeness (QED) is 0.913. The molecule has 2 aromatic rings. The molecular weight excluding hydrogens is 236 g/mol. The number of methoxy groups -OCH3 is 1. The summed E-state index contributed by atoms with van der Waals surface area (Å²) in [6.45, 7) is 0. The summed E-state index contributed by atoms with van der Waals surface area (Å²) >= 11 is 0. The van der Waals surface area contributed by atoms with Gasteiger partial charge in [0.05, 0.1) is 17.2 Å². The highest BCUT2D eigenvalue weighted by Gasteiger charge is 2.44. The normalized spacial score (nSPS) is 19.1. The maximum absolute atomic E-state index is 5.85. The summed E-state index contributed by atoms with van der Waals surface area (Å²) in [4.78, 5) is 4.44. The number of pyridine rings is 1. The largest absolute Gasteiger partial charge is 0.376 e. The predicted octanol–water partition coefficient (Wildman–Crippen LogP) is 3.06. The van der Waals surface area contributed by atoms with Crippen molar-refractivity contribution < 1.29 is 4.74 Å². The first kappa shape index (κ1) is 12.6. The number of nitrogens with zero attached hydrogens (tertiary/aromatic N) is 1. The van der Waals surface area contributed by atoms with Crippen LogP contribution < -0.4 is 5.32 Å².